The van der Waals surface area contributed by atoms with Gasteiger partial charge in [0.15, 0.2) is 0 Å². The zero-order chi connectivity index (χ0) is 13.0. The summed E-state index contributed by atoms with van der Waals surface area (Å²) in [5.74, 6) is -2.37. The van der Waals surface area contributed by atoms with E-state index in [1.54, 1.807) is 0 Å². The van der Waals surface area contributed by atoms with Crippen molar-refractivity contribution in [1.82, 2.24) is 5.32 Å². The third kappa shape index (κ3) is 3.48. The molecule has 0 bridgehead atoms. The second kappa shape index (κ2) is 5.29. The number of aliphatic carboxylic acids is 1. The van der Waals surface area contributed by atoms with E-state index in [-0.39, 0.29) is 17.9 Å². The number of sulfone groups is 1. The first-order valence-electron chi connectivity index (χ1n) is 4.85. The number of hydrogen-bond donors (Lipinski definition) is 2. The van der Waals surface area contributed by atoms with Crippen molar-refractivity contribution in [3.63, 3.8) is 0 Å². The van der Waals surface area contributed by atoms with Crippen molar-refractivity contribution in [1.29, 1.82) is 0 Å². The fraction of sp³-hybridized carbons (Fsp3) is 0.778. The summed E-state index contributed by atoms with van der Waals surface area (Å²) in [4.78, 5) is 22.4. The van der Waals surface area contributed by atoms with Crippen LogP contribution in [0.4, 0.5) is 0 Å². The van der Waals surface area contributed by atoms with E-state index in [0.717, 1.165) is 0 Å². The third-order valence-corrected chi connectivity index (χ3v) is 4.26. The fourth-order valence-electron chi connectivity index (χ4n) is 1.10. The van der Waals surface area contributed by atoms with Crippen LogP contribution in [0.2, 0.25) is 0 Å². The van der Waals surface area contributed by atoms with Crippen LogP contribution < -0.4 is 5.32 Å². The predicted molar refractivity (Wildman–Crippen MR) is 58.8 cm³/mol. The molecule has 0 radical (unpaired) electrons. The summed E-state index contributed by atoms with van der Waals surface area (Å²) in [6.45, 7) is 2.70. The number of carboxylic acid groups (broad SMARTS) is 1. The van der Waals surface area contributed by atoms with Crippen LogP contribution in [0.15, 0.2) is 0 Å². The first-order chi connectivity index (χ1) is 7.19. The highest BCUT2D eigenvalue weighted by Gasteiger charge is 2.41. The molecule has 0 aromatic carbocycles. The van der Waals surface area contributed by atoms with Crippen LogP contribution in [0.3, 0.4) is 0 Å². The Labute approximate surface area is 95.0 Å². The minimum atomic E-state index is -3.27. The quantitative estimate of drug-likeness (QED) is 0.628. The van der Waals surface area contributed by atoms with Crippen molar-refractivity contribution in [2.45, 2.75) is 20.3 Å². The van der Waals surface area contributed by atoms with Gasteiger partial charge in [-0.25, -0.2) is 8.42 Å². The number of carbonyl (C=O) groups excluding carboxylic acids is 1. The molecule has 1 unspecified atom stereocenters. The van der Waals surface area contributed by atoms with E-state index in [1.807, 2.05) is 0 Å². The van der Waals surface area contributed by atoms with Gasteiger partial charge in [-0.05, 0) is 13.3 Å². The van der Waals surface area contributed by atoms with Gasteiger partial charge in [0.2, 0.25) is 5.91 Å². The van der Waals surface area contributed by atoms with E-state index in [1.165, 1.54) is 20.9 Å². The molecule has 1 amide bonds. The molecule has 94 valence electrons. The van der Waals surface area contributed by atoms with Gasteiger partial charge in [-0.1, -0.05) is 6.92 Å². The van der Waals surface area contributed by atoms with Crippen molar-refractivity contribution in [2.75, 3.05) is 18.6 Å². The molecule has 0 saturated heterocycles. The van der Waals surface area contributed by atoms with E-state index in [0.29, 0.717) is 0 Å². The standard InChI is InChI=1S/C9H17NO5S/c1-4-16(14,15)6-5-9(2,8(12)13)7(11)10-3/h4-6H2,1-3H3,(H,10,11)(H,12,13). The molecule has 0 heterocycles. The number of nitrogens with one attached hydrogen (secondary N) is 1. The Kier molecular flexibility index (Phi) is 4.92. The van der Waals surface area contributed by atoms with Crippen LogP contribution in [0.1, 0.15) is 20.3 Å². The van der Waals surface area contributed by atoms with Gasteiger partial charge in [-0.15, -0.1) is 0 Å². The molecule has 0 aromatic heterocycles. The summed E-state index contributed by atoms with van der Waals surface area (Å²) in [6.07, 6.45) is -0.224. The smallest absolute Gasteiger partial charge is 0.318 e. The molecular weight excluding hydrogens is 234 g/mol. The molecule has 2 N–H and O–H groups in total. The zero-order valence-corrected chi connectivity index (χ0v) is 10.4. The highest BCUT2D eigenvalue weighted by atomic mass is 32.2. The van der Waals surface area contributed by atoms with Gasteiger partial charge in [0.25, 0.3) is 0 Å². The maximum atomic E-state index is 11.4. The summed E-state index contributed by atoms with van der Waals surface area (Å²) in [6, 6.07) is 0. The average molecular weight is 251 g/mol. The van der Waals surface area contributed by atoms with Gasteiger partial charge in [0.05, 0.1) is 5.75 Å². The Hall–Kier alpha value is -1.11. The molecule has 0 fully saturated rings. The predicted octanol–water partition coefficient (Wildman–Crippen LogP) is -0.352. The van der Waals surface area contributed by atoms with E-state index in [4.69, 9.17) is 5.11 Å². The van der Waals surface area contributed by atoms with Crippen molar-refractivity contribution < 1.29 is 23.1 Å². The zero-order valence-electron chi connectivity index (χ0n) is 9.61. The van der Waals surface area contributed by atoms with Gasteiger partial charge in [0.1, 0.15) is 15.3 Å². The second-order valence-electron chi connectivity index (χ2n) is 3.70. The molecule has 0 spiro atoms. The Balaban J connectivity index is 4.86. The molecule has 0 aliphatic heterocycles. The summed E-state index contributed by atoms with van der Waals surface area (Å²) in [5.41, 5.74) is -1.70. The summed E-state index contributed by atoms with van der Waals surface area (Å²) < 4.78 is 22.5. The van der Waals surface area contributed by atoms with Crippen LogP contribution in [-0.2, 0) is 19.4 Å². The van der Waals surface area contributed by atoms with Gasteiger partial charge < -0.3 is 10.4 Å². The van der Waals surface area contributed by atoms with Crippen molar-refractivity contribution >= 4 is 21.7 Å². The number of carboxylic acids is 1. The van der Waals surface area contributed by atoms with E-state index in [2.05, 4.69) is 5.32 Å². The molecule has 7 heteroatoms. The van der Waals surface area contributed by atoms with Crippen molar-refractivity contribution in [2.24, 2.45) is 5.41 Å². The third-order valence-electron chi connectivity index (χ3n) is 2.55. The maximum Gasteiger partial charge on any atom is 0.318 e. The molecule has 16 heavy (non-hydrogen) atoms. The van der Waals surface area contributed by atoms with Crippen LogP contribution in [-0.4, -0.2) is 44.0 Å². The van der Waals surface area contributed by atoms with E-state index < -0.39 is 27.1 Å². The minimum Gasteiger partial charge on any atom is -0.480 e. The van der Waals surface area contributed by atoms with Crippen LogP contribution >= 0.6 is 0 Å². The Bertz CT molecular complexity index is 375. The molecule has 0 saturated carbocycles. The van der Waals surface area contributed by atoms with Crippen molar-refractivity contribution in [3.8, 4) is 0 Å². The number of hydrogen-bond acceptors (Lipinski definition) is 4. The van der Waals surface area contributed by atoms with Gasteiger partial charge in [-0.2, -0.15) is 0 Å². The normalized spacial score (nSPS) is 15.2. The lowest BCUT2D eigenvalue weighted by Crippen LogP contribution is -2.44. The lowest BCUT2D eigenvalue weighted by Gasteiger charge is -2.22. The van der Waals surface area contributed by atoms with Crippen molar-refractivity contribution in [3.05, 3.63) is 0 Å². The Morgan fingerprint density at radius 1 is 1.38 bits per heavy atom. The molecule has 0 aliphatic rings. The number of carbonyl (C=O) groups is 2. The molecule has 0 aliphatic carbocycles. The first-order valence-corrected chi connectivity index (χ1v) is 6.67. The highest BCUT2D eigenvalue weighted by Crippen LogP contribution is 2.23. The Morgan fingerprint density at radius 3 is 2.19 bits per heavy atom. The average Bonchev–Trinajstić information content (AvgIpc) is 2.24. The first kappa shape index (κ1) is 14.9. The molecule has 0 rings (SSSR count). The second-order valence-corrected chi connectivity index (χ2v) is 6.18. The fourth-order valence-corrected chi connectivity index (χ4v) is 2.11. The summed E-state index contributed by atoms with van der Waals surface area (Å²) >= 11 is 0. The van der Waals surface area contributed by atoms with Gasteiger partial charge in [0, 0.05) is 12.8 Å². The van der Waals surface area contributed by atoms with Gasteiger partial charge in [-0.3, -0.25) is 9.59 Å². The topological polar surface area (TPSA) is 101 Å². The Morgan fingerprint density at radius 2 is 1.88 bits per heavy atom. The minimum absolute atomic E-state index is 0.0591. The summed E-state index contributed by atoms with van der Waals surface area (Å²) in [7, 11) is -1.95. The SMILES string of the molecule is CCS(=O)(=O)CCC(C)(C(=O)O)C(=O)NC. The molecule has 0 aromatic rings. The van der Waals surface area contributed by atoms with Crippen LogP contribution in [0.5, 0.6) is 0 Å². The molecular formula is C9H17NO5S. The number of rotatable bonds is 6. The van der Waals surface area contributed by atoms with E-state index in [9.17, 15) is 18.0 Å². The number of amides is 1. The van der Waals surface area contributed by atoms with E-state index >= 15 is 0 Å². The van der Waals surface area contributed by atoms with Crippen LogP contribution in [0, 0.1) is 5.41 Å². The highest BCUT2D eigenvalue weighted by molar-refractivity contribution is 7.91. The lowest BCUT2D eigenvalue weighted by molar-refractivity contribution is -0.154. The molecule has 6 nitrogen and oxygen atoms in total. The van der Waals surface area contributed by atoms with Crippen LogP contribution in [0.25, 0.3) is 0 Å². The lowest BCUT2D eigenvalue weighted by atomic mass is 9.87. The summed E-state index contributed by atoms with van der Waals surface area (Å²) in [5, 5.41) is 11.2. The van der Waals surface area contributed by atoms with Gasteiger partial charge >= 0.3 is 5.97 Å². The largest absolute Gasteiger partial charge is 0.480 e. The molecule has 1 atom stereocenters. The maximum absolute atomic E-state index is 11.4. The monoisotopic (exact) mass is 251 g/mol.